The molecular weight excluding hydrogens is 350 g/mol. The number of H-pyrrole nitrogens is 1. The van der Waals surface area contributed by atoms with E-state index in [1.54, 1.807) is 40.4 Å². The summed E-state index contributed by atoms with van der Waals surface area (Å²) < 4.78 is 16.1. The number of nitro groups is 1. The summed E-state index contributed by atoms with van der Waals surface area (Å²) in [7, 11) is 4.65. The molecule has 1 heterocycles. The summed E-state index contributed by atoms with van der Waals surface area (Å²) >= 11 is 0. The fraction of sp³-hybridized carbons (Fsp3) is 0.211. The Bertz CT molecular complexity index is 972. The maximum absolute atomic E-state index is 11.0. The zero-order valence-corrected chi connectivity index (χ0v) is 15.4. The monoisotopic (exact) mass is 369 g/mol. The van der Waals surface area contributed by atoms with Gasteiger partial charge in [0.15, 0.2) is 11.5 Å². The molecule has 0 aliphatic heterocycles. The van der Waals surface area contributed by atoms with Crippen molar-refractivity contribution >= 4 is 5.69 Å². The van der Waals surface area contributed by atoms with Crippen LogP contribution in [0.3, 0.4) is 0 Å². The van der Waals surface area contributed by atoms with Gasteiger partial charge in [0.05, 0.1) is 37.6 Å². The molecule has 3 rings (SSSR count). The van der Waals surface area contributed by atoms with Gasteiger partial charge in [-0.3, -0.25) is 15.2 Å². The van der Waals surface area contributed by atoms with Crippen LogP contribution in [0.2, 0.25) is 0 Å². The Morgan fingerprint density at radius 1 is 0.963 bits per heavy atom. The molecule has 8 nitrogen and oxygen atoms in total. The molecule has 3 aromatic rings. The van der Waals surface area contributed by atoms with Crippen LogP contribution in [-0.4, -0.2) is 36.5 Å². The predicted octanol–water partition coefficient (Wildman–Crippen LogP) is 3.99. The molecule has 27 heavy (non-hydrogen) atoms. The van der Waals surface area contributed by atoms with Gasteiger partial charge in [-0.1, -0.05) is 0 Å². The van der Waals surface area contributed by atoms with E-state index in [1.165, 1.54) is 6.07 Å². The number of nitro benzene ring substituents is 1. The smallest absolute Gasteiger partial charge is 0.272 e. The van der Waals surface area contributed by atoms with Gasteiger partial charge >= 0.3 is 0 Å². The molecule has 0 radical (unpaired) electrons. The van der Waals surface area contributed by atoms with E-state index in [-0.39, 0.29) is 5.69 Å². The van der Waals surface area contributed by atoms with Crippen molar-refractivity contribution in [2.24, 2.45) is 0 Å². The Hall–Kier alpha value is -3.55. The van der Waals surface area contributed by atoms with Crippen LogP contribution in [0, 0.1) is 17.0 Å². The van der Waals surface area contributed by atoms with E-state index in [9.17, 15) is 10.1 Å². The Morgan fingerprint density at radius 2 is 1.63 bits per heavy atom. The lowest BCUT2D eigenvalue weighted by molar-refractivity contribution is -0.385. The van der Waals surface area contributed by atoms with Crippen LogP contribution >= 0.6 is 0 Å². The third-order valence-corrected chi connectivity index (χ3v) is 4.24. The van der Waals surface area contributed by atoms with Crippen LogP contribution in [0.4, 0.5) is 5.69 Å². The van der Waals surface area contributed by atoms with Crippen molar-refractivity contribution in [3.63, 3.8) is 0 Å². The number of aromatic nitrogens is 2. The second-order valence-electron chi connectivity index (χ2n) is 5.84. The van der Waals surface area contributed by atoms with Gasteiger partial charge < -0.3 is 14.2 Å². The zero-order chi connectivity index (χ0) is 19.6. The molecule has 1 aromatic heterocycles. The van der Waals surface area contributed by atoms with E-state index >= 15 is 0 Å². The molecular formula is C19H19N3O5. The summed E-state index contributed by atoms with van der Waals surface area (Å²) in [6.45, 7) is 1.71. The van der Waals surface area contributed by atoms with Gasteiger partial charge in [0, 0.05) is 22.8 Å². The van der Waals surface area contributed by atoms with Gasteiger partial charge in [-0.05, 0) is 37.3 Å². The Kier molecular flexibility index (Phi) is 4.98. The lowest BCUT2D eigenvalue weighted by atomic mass is 10.1. The van der Waals surface area contributed by atoms with Crippen LogP contribution in [0.25, 0.3) is 22.5 Å². The molecule has 0 atom stereocenters. The largest absolute Gasteiger partial charge is 0.493 e. The summed E-state index contributed by atoms with van der Waals surface area (Å²) in [6, 6.07) is 10.4. The maximum atomic E-state index is 11.0. The summed E-state index contributed by atoms with van der Waals surface area (Å²) in [5.41, 5.74) is 3.69. The van der Waals surface area contributed by atoms with Crippen molar-refractivity contribution in [2.75, 3.05) is 21.3 Å². The number of methoxy groups -OCH3 is 3. The number of hydrogen-bond donors (Lipinski definition) is 1. The van der Waals surface area contributed by atoms with Crippen LogP contribution in [0.5, 0.6) is 17.2 Å². The molecule has 0 saturated heterocycles. The van der Waals surface area contributed by atoms with Crippen molar-refractivity contribution in [3.05, 3.63) is 52.1 Å². The minimum absolute atomic E-state index is 0.0862. The molecule has 0 amide bonds. The molecule has 140 valence electrons. The fourth-order valence-electron chi connectivity index (χ4n) is 2.87. The SMILES string of the molecule is COc1cc(-c2cc(-c3ccc([N+](=O)[O-])c(C)c3)[nH]n2)cc(OC)c1OC. The number of rotatable bonds is 6. The Labute approximate surface area is 155 Å². The van der Waals surface area contributed by atoms with Crippen LogP contribution in [0.15, 0.2) is 36.4 Å². The van der Waals surface area contributed by atoms with Crippen molar-refractivity contribution in [1.82, 2.24) is 10.2 Å². The first-order valence-electron chi connectivity index (χ1n) is 8.09. The van der Waals surface area contributed by atoms with E-state index in [0.29, 0.717) is 28.5 Å². The van der Waals surface area contributed by atoms with E-state index < -0.39 is 4.92 Å². The number of benzene rings is 2. The third-order valence-electron chi connectivity index (χ3n) is 4.24. The Balaban J connectivity index is 2.01. The second-order valence-corrected chi connectivity index (χ2v) is 5.84. The van der Waals surface area contributed by atoms with Gasteiger partial charge in [0.2, 0.25) is 5.75 Å². The van der Waals surface area contributed by atoms with Gasteiger partial charge in [0.25, 0.3) is 5.69 Å². The molecule has 0 aliphatic rings. The van der Waals surface area contributed by atoms with Crippen LogP contribution in [-0.2, 0) is 0 Å². The summed E-state index contributed by atoms with van der Waals surface area (Å²) in [5, 5.41) is 18.3. The number of hydrogen-bond acceptors (Lipinski definition) is 6. The zero-order valence-electron chi connectivity index (χ0n) is 15.4. The molecule has 0 fully saturated rings. The van der Waals surface area contributed by atoms with Crippen LogP contribution < -0.4 is 14.2 Å². The minimum Gasteiger partial charge on any atom is -0.493 e. The van der Waals surface area contributed by atoms with Gasteiger partial charge in [-0.2, -0.15) is 5.10 Å². The lowest BCUT2D eigenvalue weighted by Crippen LogP contribution is -1.95. The maximum Gasteiger partial charge on any atom is 0.272 e. The summed E-state index contributed by atoms with van der Waals surface area (Å²) in [4.78, 5) is 10.6. The molecule has 0 saturated carbocycles. The minimum atomic E-state index is -0.395. The first-order valence-corrected chi connectivity index (χ1v) is 8.09. The lowest BCUT2D eigenvalue weighted by Gasteiger charge is -2.13. The molecule has 8 heteroatoms. The van der Waals surface area contributed by atoms with E-state index in [0.717, 1.165) is 16.8 Å². The van der Waals surface area contributed by atoms with E-state index in [4.69, 9.17) is 14.2 Å². The average molecular weight is 369 g/mol. The van der Waals surface area contributed by atoms with Crippen molar-refractivity contribution in [2.45, 2.75) is 6.92 Å². The normalized spacial score (nSPS) is 10.5. The standard InChI is InChI=1S/C19H19N3O5/c1-11-7-12(5-6-16(11)22(23)24)14-10-15(21-20-14)13-8-17(25-2)19(27-4)18(9-13)26-3/h5-10H,1-4H3,(H,20,21). The molecule has 0 bridgehead atoms. The van der Waals surface area contributed by atoms with Crippen molar-refractivity contribution in [3.8, 4) is 39.8 Å². The number of aromatic amines is 1. The molecule has 0 aliphatic carbocycles. The fourth-order valence-corrected chi connectivity index (χ4v) is 2.87. The van der Waals surface area contributed by atoms with Gasteiger partial charge in [0.1, 0.15) is 0 Å². The predicted molar refractivity (Wildman–Crippen MR) is 101 cm³/mol. The van der Waals surface area contributed by atoms with Gasteiger partial charge in [-0.15, -0.1) is 0 Å². The molecule has 2 aromatic carbocycles. The summed E-state index contributed by atoms with van der Waals surface area (Å²) in [6.07, 6.45) is 0. The highest BCUT2D eigenvalue weighted by Crippen LogP contribution is 2.41. The highest BCUT2D eigenvalue weighted by molar-refractivity contribution is 5.73. The number of nitrogens with one attached hydrogen (secondary N) is 1. The summed E-state index contributed by atoms with van der Waals surface area (Å²) in [5.74, 6) is 1.57. The highest BCUT2D eigenvalue weighted by atomic mass is 16.6. The van der Waals surface area contributed by atoms with E-state index in [1.807, 2.05) is 18.2 Å². The van der Waals surface area contributed by atoms with Crippen molar-refractivity contribution < 1.29 is 19.1 Å². The number of ether oxygens (including phenoxy) is 3. The first kappa shape index (κ1) is 18.2. The topological polar surface area (TPSA) is 99.5 Å². The number of aryl methyl sites for hydroxylation is 1. The van der Waals surface area contributed by atoms with Crippen molar-refractivity contribution in [1.29, 1.82) is 0 Å². The third kappa shape index (κ3) is 3.41. The average Bonchev–Trinajstić information content (AvgIpc) is 3.16. The number of nitrogens with zero attached hydrogens (tertiary/aromatic N) is 2. The molecule has 0 unspecified atom stereocenters. The Morgan fingerprint density at radius 3 is 2.15 bits per heavy atom. The van der Waals surface area contributed by atoms with Gasteiger partial charge in [-0.25, -0.2) is 0 Å². The molecule has 0 spiro atoms. The highest BCUT2D eigenvalue weighted by Gasteiger charge is 2.17. The second kappa shape index (κ2) is 7.36. The molecule has 1 N–H and O–H groups in total. The van der Waals surface area contributed by atoms with Crippen LogP contribution in [0.1, 0.15) is 5.56 Å². The first-order chi connectivity index (χ1) is 13.0. The van der Waals surface area contributed by atoms with E-state index in [2.05, 4.69) is 10.2 Å². The quantitative estimate of drug-likeness (QED) is 0.521.